The second-order valence-electron chi connectivity index (χ2n) is 6.35. The van der Waals surface area contributed by atoms with Crippen LogP contribution in [0.5, 0.6) is 0 Å². The molecule has 0 amide bonds. The van der Waals surface area contributed by atoms with E-state index in [9.17, 15) is 0 Å². The Bertz CT molecular complexity index is 1050. The molecular weight excluding hydrogens is 367 g/mol. The molecule has 0 aliphatic carbocycles. The lowest BCUT2D eigenvalue weighted by Gasteiger charge is -2.11. The van der Waals surface area contributed by atoms with Crippen molar-refractivity contribution in [2.24, 2.45) is 0 Å². The van der Waals surface area contributed by atoms with Crippen LogP contribution in [0.15, 0.2) is 107 Å². The summed E-state index contributed by atoms with van der Waals surface area (Å²) >= 11 is 1.10. The van der Waals surface area contributed by atoms with E-state index in [1.807, 2.05) is 104 Å². The van der Waals surface area contributed by atoms with E-state index >= 15 is 4.39 Å². The average molecular weight is 386 g/mol. The van der Waals surface area contributed by atoms with Crippen molar-refractivity contribution in [3.63, 3.8) is 0 Å². The standard InChI is InChI=1S/C24H19FN2S/c1-18-17-22(27(26-18)21-15-9-4-10-16-21)28-24(25)23(19-11-5-2-6-12-19)20-13-7-3-8-14-20/h2-17H,1H3. The maximum atomic E-state index is 15.6. The van der Waals surface area contributed by atoms with Gasteiger partial charge in [0.05, 0.1) is 11.4 Å². The SMILES string of the molecule is Cc1cc(SC(F)=C(c2ccccc2)c2ccccc2)n(-c2ccccc2)n1. The van der Waals surface area contributed by atoms with Crippen LogP contribution in [0.4, 0.5) is 4.39 Å². The highest BCUT2D eigenvalue weighted by Gasteiger charge is 2.17. The third-order valence-electron chi connectivity index (χ3n) is 4.32. The molecular formula is C24H19FN2S. The van der Waals surface area contributed by atoms with Gasteiger partial charge >= 0.3 is 0 Å². The largest absolute Gasteiger partial charge is 0.227 e. The van der Waals surface area contributed by atoms with Gasteiger partial charge < -0.3 is 0 Å². The Labute approximate surface area is 168 Å². The van der Waals surface area contributed by atoms with Gasteiger partial charge in [0.1, 0.15) is 5.03 Å². The Hall–Kier alpha value is -3.11. The summed E-state index contributed by atoms with van der Waals surface area (Å²) < 4.78 is 17.4. The fourth-order valence-corrected chi connectivity index (χ4v) is 4.03. The summed E-state index contributed by atoms with van der Waals surface area (Å²) in [6, 6.07) is 31.0. The fraction of sp³-hybridized carbons (Fsp3) is 0.0417. The van der Waals surface area contributed by atoms with Gasteiger partial charge in [0.15, 0.2) is 5.16 Å². The number of aromatic nitrogens is 2. The number of thioether (sulfide) groups is 1. The lowest BCUT2D eigenvalue weighted by molar-refractivity contribution is 0.699. The van der Waals surface area contributed by atoms with Crippen molar-refractivity contribution < 1.29 is 4.39 Å². The molecule has 4 heteroatoms. The molecule has 0 N–H and O–H groups in total. The van der Waals surface area contributed by atoms with E-state index in [1.54, 1.807) is 4.68 Å². The molecule has 3 aromatic carbocycles. The highest BCUT2D eigenvalue weighted by atomic mass is 32.2. The second-order valence-corrected chi connectivity index (χ2v) is 7.33. The van der Waals surface area contributed by atoms with E-state index < -0.39 is 0 Å². The molecule has 0 aliphatic rings. The number of nitrogens with zero attached hydrogens (tertiary/aromatic N) is 2. The molecule has 4 aromatic rings. The Morgan fingerprint density at radius 1 is 0.786 bits per heavy atom. The van der Waals surface area contributed by atoms with Crippen LogP contribution in [0, 0.1) is 6.92 Å². The predicted molar refractivity (Wildman–Crippen MR) is 114 cm³/mol. The number of aryl methyl sites for hydroxylation is 1. The van der Waals surface area contributed by atoms with E-state index in [0.29, 0.717) is 5.57 Å². The third kappa shape index (κ3) is 3.92. The third-order valence-corrected chi connectivity index (χ3v) is 5.20. The van der Waals surface area contributed by atoms with Gasteiger partial charge in [-0.1, -0.05) is 78.9 Å². The van der Waals surface area contributed by atoms with E-state index in [1.165, 1.54) is 0 Å². The van der Waals surface area contributed by atoms with E-state index in [0.717, 1.165) is 39.3 Å². The van der Waals surface area contributed by atoms with Crippen LogP contribution in [-0.2, 0) is 0 Å². The van der Waals surface area contributed by atoms with Crippen LogP contribution < -0.4 is 0 Å². The molecule has 4 rings (SSSR count). The second kappa shape index (κ2) is 8.28. The van der Waals surface area contributed by atoms with Gasteiger partial charge in [-0.25, -0.2) is 4.68 Å². The van der Waals surface area contributed by atoms with Crippen LogP contribution in [0.2, 0.25) is 0 Å². The van der Waals surface area contributed by atoms with Gasteiger partial charge in [0, 0.05) is 5.57 Å². The van der Waals surface area contributed by atoms with Gasteiger partial charge in [-0.3, -0.25) is 0 Å². The van der Waals surface area contributed by atoms with Gasteiger partial charge in [0.25, 0.3) is 0 Å². The first-order valence-corrected chi connectivity index (χ1v) is 9.84. The average Bonchev–Trinajstić information content (AvgIpc) is 3.10. The molecule has 0 unspecified atom stereocenters. The van der Waals surface area contributed by atoms with Crippen LogP contribution in [-0.4, -0.2) is 9.78 Å². The monoisotopic (exact) mass is 386 g/mol. The van der Waals surface area contributed by atoms with Gasteiger partial charge in [0.2, 0.25) is 0 Å². The Morgan fingerprint density at radius 3 is 1.82 bits per heavy atom. The quantitative estimate of drug-likeness (QED) is 0.357. The summed E-state index contributed by atoms with van der Waals surface area (Å²) in [6.45, 7) is 1.92. The zero-order valence-corrected chi connectivity index (χ0v) is 16.2. The number of hydrogen-bond acceptors (Lipinski definition) is 2. The normalized spacial score (nSPS) is 10.6. The molecule has 0 radical (unpaired) electrons. The lowest BCUT2D eigenvalue weighted by Crippen LogP contribution is -1.98. The number of halogens is 1. The molecule has 0 bridgehead atoms. The molecule has 0 saturated carbocycles. The van der Waals surface area contributed by atoms with Crippen molar-refractivity contribution in [2.45, 2.75) is 11.9 Å². The molecule has 0 saturated heterocycles. The van der Waals surface area contributed by atoms with Gasteiger partial charge in [-0.05, 0) is 48.0 Å². The van der Waals surface area contributed by atoms with Crippen molar-refractivity contribution in [3.8, 4) is 5.69 Å². The maximum Gasteiger partial charge on any atom is 0.171 e. The molecule has 0 atom stereocenters. The van der Waals surface area contributed by atoms with Crippen LogP contribution in [0.25, 0.3) is 11.3 Å². The van der Waals surface area contributed by atoms with Gasteiger partial charge in [-0.2, -0.15) is 9.49 Å². The zero-order valence-electron chi connectivity index (χ0n) is 15.4. The summed E-state index contributed by atoms with van der Waals surface area (Å²) in [5.74, 6) is 0. The molecule has 138 valence electrons. The topological polar surface area (TPSA) is 17.8 Å². The van der Waals surface area contributed by atoms with Crippen molar-refractivity contribution in [1.29, 1.82) is 0 Å². The van der Waals surface area contributed by atoms with Crippen LogP contribution in [0.3, 0.4) is 0 Å². The minimum atomic E-state index is -0.255. The minimum Gasteiger partial charge on any atom is -0.227 e. The van der Waals surface area contributed by atoms with Crippen molar-refractivity contribution in [3.05, 3.63) is 119 Å². The van der Waals surface area contributed by atoms with Crippen molar-refractivity contribution in [1.82, 2.24) is 9.78 Å². The predicted octanol–water partition coefficient (Wildman–Crippen LogP) is 6.66. The first-order chi connectivity index (χ1) is 13.7. The minimum absolute atomic E-state index is 0.255. The Kier molecular flexibility index (Phi) is 5.40. The molecule has 0 aliphatic heterocycles. The number of benzene rings is 3. The molecule has 28 heavy (non-hydrogen) atoms. The Morgan fingerprint density at radius 2 is 1.29 bits per heavy atom. The van der Waals surface area contributed by atoms with Crippen LogP contribution >= 0.6 is 11.8 Å². The van der Waals surface area contributed by atoms with Crippen molar-refractivity contribution >= 4 is 17.3 Å². The molecule has 0 spiro atoms. The number of hydrogen-bond donors (Lipinski definition) is 0. The molecule has 2 nitrogen and oxygen atoms in total. The number of para-hydroxylation sites is 1. The van der Waals surface area contributed by atoms with E-state index in [4.69, 9.17) is 0 Å². The van der Waals surface area contributed by atoms with Crippen LogP contribution in [0.1, 0.15) is 16.8 Å². The summed E-state index contributed by atoms with van der Waals surface area (Å²) in [6.07, 6.45) is 0. The molecule has 1 heterocycles. The molecule has 0 fully saturated rings. The lowest BCUT2D eigenvalue weighted by atomic mass is 9.99. The first-order valence-electron chi connectivity index (χ1n) is 9.03. The summed E-state index contributed by atoms with van der Waals surface area (Å²) in [5, 5.41) is 5.03. The first kappa shape index (κ1) is 18.3. The molecule has 1 aromatic heterocycles. The highest BCUT2D eigenvalue weighted by molar-refractivity contribution is 8.03. The van der Waals surface area contributed by atoms with Gasteiger partial charge in [-0.15, -0.1) is 0 Å². The highest BCUT2D eigenvalue weighted by Crippen LogP contribution is 2.38. The van der Waals surface area contributed by atoms with Crippen molar-refractivity contribution in [2.75, 3.05) is 0 Å². The smallest absolute Gasteiger partial charge is 0.171 e. The summed E-state index contributed by atoms with van der Waals surface area (Å²) in [7, 11) is 0. The van der Waals surface area contributed by atoms with E-state index in [2.05, 4.69) is 5.10 Å². The maximum absolute atomic E-state index is 15.6. The Balaban J connectivity index is 1.80. The zero-order chi connectivity index (χ0) is 19.3. The summed E-state index contributed by atoms with van der Waals surface area (Å²) in [5.41, 5.74) is 4.04. The summed E-state index contributed by atoms with van der Waals surface area (Å²) in [4.78, 5) is 0. The fourth-order valence-electron chi connectivity index (χ4n) is 3.05. The van der Waals surface area contributed by atoms with E-state index in [-0.39, 0.29) is 5.16 Å². The number of rotatable bonds is 5.